The van der Waals surface area contributed by atoms with Gasteiger partial charge in [-0.1, -0.05) is 30.4 Å². The van der Waals surface area contributed by atoms with Crippen molar-refractivity contribution in [1.29, 1.82) is 0 Å². The Bertz CT molecular complexity index is 962. The van der Waals surface area contributed by atoms with Gasteiger partial charge in [-0.05, 0) is 67.5 Å². The first-order valence-corrected chi connectivity index (χ1v) is 10.9. The van der Waals surface area contributed by atoms with Crippen molar-refractivity contribution in [2.24, 2.45) is 11.8 Å². The fourth-order valence-electron chi connectivity index (χ4n) is 4.76. The van der Waals surface area contributed by atoms with E-state index < -0.39 is 0 Å². The molecule has 2 bridgehead atoms. The number of nitrogens with zero attached hydrogens (tertiary/aromatic N) is 1. The Kier molecular flexibility index (Phi) is 4.56. The Morgan fingerprint density at radius 3 is 2.68 bits per heavy atom. The van der Waals surface area contributed by atoms with E-state index in [-0.39, 0.29) is 5.91 Å². The SMILES string of the molecule is COc1ccc(-c2ccc(/C=C3\SC(=S)N(C4CC5CCC4C5)C3=O)o2)cc1. The fourth-order valence-corrected chi connectivity index (χ4v) is 6.12. The van der Waals surface area contributed by atoms with E-state index in [1.165, 1.54) is 31.0 Å². The van der Waals surface area contributed by atoms with Gasteiger partial charge in [-0.25, -0.2) is 0 Å². The molecule has 5 rings (SSSR count). The summed E-state index contributed by atoms with van der Waals surface area (Å²) in [4.78, 5) is 15.6. The number of benzene rings is 1. The van der Waals surface area contributed by atoms with E-state index in [1.54, 1.807) is 7.11 Å². The molecular formula is C22H21NO3S2. The van der Waals surface area contributed by atoms with Gasteiger partial charge in [0.15, 0.2) is 0 Å². The normalized spacial score (nSPS) is 28.0. The summed E-state index contributed by atoms with van der Waals surface area (Å²) < 4.78 is 11.8. The zero-order chi connectivity index (χ0) is 19.3. The van der Waals surface area contributed by atoms with Gasteiger partial charge in [-0.15, -0.1) is 0 Å². The highest BCUT2D eigenvalue weighted by Gasteiger charge is 2.47. The van der Waals surface area contributed by atoms with Crippen LogP contribution >= 0.6 is 24.0 Å². The molecule has 3 atom stereocenters. The summed E-state index contributed by atoms with van der Waals surface area (Å²) in [6.45, 7) is 0. The summed E-state index contributed by atoms with van der Waals surface area (Å²) >= 11 is 6.95. The molecule has 3 unspecified atom stereocenters. The monoisotopic (exact) mass is 411 g/mol. The van der Waals surface area contributed by atoms with Crippen molar-refractivity contribution < 1.29 is 13.9 Å². The number of hydrogen-bond donors (Lipinski definition) is 0. The standard InChI is InChI=1S/C22H21NO3S2/c1-25-16-6-4-14(5-7-16)19-9-8-17(26-19)12-20-21(24)23(22(27)28-20)18-11-13-2-3-15(18)10-13/h4-9,12-13,15,18H,2-3,10-11H2,1H3/b20-12-. The van der Waals surface area contributed by atoms with Crippen LogP contribution in [-0.4, -0.2) is 28.3 Å². The molecule has 2 aliphatic carbocycles. The van der Waals surface area contributed by atoms with Crippen LogP contribution < -0.4 is 4.74 Å². The summed E-state index contributed by atoms with van der Waals surface area (Å²) in [5.41, 5.74) is 0.968. The largest absolute Gasteiger partial charge is 0.497 e. The molecule has 3 fully saturated rings. The first-order chi connectivity index (χ1) is 13.6. The highest BCUT2D eigenvalue weighted by Crippen LogP contribution is 2.49. The molecule has 0 spiro atoms. The average molecular weight is 412 g/mol. The van der Waals surface area contributed by atoms with Crippen LogP contribution in [-0.2, 0) is 4.79 Å². The lowest BCUT2D eigenvalue weighted by molar-refractivity contribution is -0.124. The Morgan fingerprint density at radius 1 is 1.18 bits per heavy atom. The van der Waals surface area contributed by atoms with Crippen LogP contribution in [0.2, 0.25) is 0 Å². The van der Waals surface area contributed by atoms with Gasteiger partial charge in [0, 0.05) is 17.7 Å². The summed E-state index contributed by atoms with van der Waals surface area (Å²) in [5.74, 6) is 3.67. The van der Waals surface area contributed by atoms with E-state index in [1.807, 2.05) is 47.4 Å². The van der Waals surface area contributed by atoms with Gasteiger partial charge >= 0.3 is 0 Å². The van der Waals surface area contributed by atoms with Gasteiger partial charge < -0.3 is 9.15 Å². The molecule has 1 aromatic heterocycles. The van der Waals surface area contributed by atoms with Crippen molar-refractivity contribution in [1.82, 2.24) is 4.90 Å². The third kappa shape index (κ3) is 3.08. The highest BCUT2D eigenvalue weighted by molar-refractivity contribution is 8.26. The third-order valence-corrected chi connectivity index (χ3v) is 7.46. The maximum Gasteiger partial charge on any atom is 0.266 e. The number of carbonyl (C=O) groups excluding carboxylic acids is 1. The number of furan rings is 1. The van der Waals surface area contributed by atoms with Crippen molar-refractivity contribution in [3.8, 4) is 17.1 Å². The van der Waals surface area contributed by atoms with E-state index in [9.17, 15) is 4.79 Å². The molecule has 28 heavy (non-hydrogen) atoms. The van der Waals surface area contributed by atoms with Gasteiger partial charge in [0.1, 0.15) is 21.6 Å². The maximum atomic E-state index is 13.0. The van der Waals surface area contributed by atoms with E-state index in [0.29, 0.717) is 26.9 Å². The molecule has 144 valence electrons. The lowest BCUT2D eigenvalue weighted by Crippen LogP contribution is -2.41. The molecule has 1 amide bonds. The lowest BCUT2D eigenvalue weighted by atomic mass is 9.94. The van der Waals surface area contributed by atoms with Crippen molar-refractivity contribution in [2.45, 2.75) is 31.7 Å². The van der Waals surface area contributed by atoms with Gasteiger partial charge in [-0.3, -0.25) is 9.69 Å². The second kappa shape index (κ2) is 7.08. The number of fused-ring (bicyclic) bond motifs is 2. The molecule has 1 saturated heterocycles. The topological polar surface area (TPSA) is 42.7 Å². The Morgan fingerprint density at radius 2 is 2.00 bits per heavy atom. The zero-order valence-corrected chi connectivity index (χ0v) is 17.2. The molecule has 4 nitrogen and oxygen atoms in total. The first-order valence-electron chi connectivity index (χ1n) is 9.63. The van der Waals surface area contributed by atoms with E-state index in [2.05, 4.69) is 0 Å². The Hall–Kier alpha value is -2.05. The minimum atomic E-state index is 0.0370. The van der Waals surface area contributed by atoms with E-state index in [0.717, 1.165) is 29.4 Å². The smallest absolute Gasteiger partial charge is 0.266 e. The van der Waals surface area contributed by atoms with Crippen molar-refractivity contribution in [3.63, 3.8) is 0 Å². The van der Waals surface area contributed by atoms with Crippen LogP contribution in [0.1, 0.15) is 31.4 Å². The molecule has 0 N–H and O–H groups in total. The number of thiocarbonyl (C=S) groups is 1. The van der Waals surface area contributed by atoms with Crippen LogP contribution in [0.4, 0.5) is 0 Å². The molecule has 0 radical (unpaired) electrons. The van der Waals surface area contributed by atoms with Crippen LogP contribution in [0.15, 0.2) is 45.7 Å². The third-order valence-electron chi connectivity index (χ3n) is 6.13. The Balaban J connectivity index is 1.35. The molecule has 2 aromatic rings. The molecule has 6 heteroatoms. The van der Waals surface area contributed by atoms with E-state index >= 15 is 0 Å². The number of amides is 1. The average Bonchev–Trinajstić information content (AvgIpc) is 3.48. The van der Waals surface area contributed by atoms with Gasteiger partial charge in [0.05, 0.1) is 12.0 Å². The van der Waals surface area contributed by atoms with Gasteiger partial charge in [-0.2, -0.15) is 0 Å². The molecule has 3 aliphatic rings. The lowest BCUT2D eigenvalue weighted by Gasteiger charge is -2.30. The quantitative estimate of drug-likeness (QED) is 0.501. The summed E-state index contributed by atoms with van der Waals surface area (Å²) in [6, 6.07) is 11.8. The Labute approximate surface area is 173 Å². The number of rotatable bonds is 4. The predicted octanol–water partition coefficient (Wildman–Crippen LogP) is 5.35. The van der Waals surface area contributed by atoms with Crippen molar-refractivity contribution in [2.75, 3.05) is 7.11 Å². The van der Waals surface area contributed by atoms with Crippen LogP contribution in [0.25, 0.3) is 17.4 Å². The first kappa shape index (κ1) is 18.0. The summed E-state index contributed by atoms with van der Waals surface area (Å²) in [6.07, 6.45) is 6.72. The second-order valence-electron chi connectivity index (χ2n) is 7.72. The van der Waals surface area contributed by atoms with Crippen LogP contribution in [0, 0.1) is 11.8 Å². The molecule has 1 aromatic carbocycles. The van der Waals surface area contributed by atoms with E-state index in [4.69, 9.17) is 21.4 Å². The summed E-state index contributed by atoms with van der Waals surface area (Å²) in [5, 5.41) is 0. The number of carbonyl (C=O) groups is 1. The predicted molar refractivity (Wildman–Crippen MR) is 115 cm³/mol. The van der Waals surface area contributed by atoms with Gasteiger partial charge in [0.2, 0.25) is 0 Å². The maximum absolute atomic E-state index is 13.0. The van der Waals surface area contributed by atoms with Crippen LogP contribution in [0.3, 0.4) is 0 Å². The number of thioether (sulfide) groups is 1. The minimum Gasteiger partial charge on any atom is -0.497 e. The zero-order valence-electron chi connectivity index (χ0n) is 15.6. The number of methoxy groups -OCH3 is 1. The molecule has 1 aliphatic heterocycles. The fraction of sp³-hybridized carbons (Fsp3) is 0.364. The van der Waals surface area contributed by atoms with Crippen molar-refractivity contribution in [3.05, 3.63) is 47.1 Å². The summed E-state index contributed by atoms with van der Waals surface area (Å²) in [7, 11) is 1.65. The minimum absolute atomic E-state index is 0.0370. The second-order valence-corrected chi connectivity index (χ2v) is 9.40. The van der Waals surface area contributed by atoms with Crippen LogP contribution in [0.5, 0.6) is 5.75 Å². The number of hydrogen-bond acceptors (Lipinski definition) is 5. The highest BCUT2D eigenvalue weighted by atomic mass is 32.2. The molecule has 2 heterocycles. The molecule has 2 saturated carbocycles. The number of ether oxygens (including phenoxy) is 1. The molecular weight excluding hydrogens is 390 g/mol. The van der Waals surface area contributed by atoms with Gasteiger partial charge in [0.25, 0.3) is 5.91 Å². The van der Waals surface area contributed by atoms with Crippen molar-refractivity contribution >= 4 is 40.3 Å².